The van der Waals surface area contributed by atoms with Gasteiger partial charge in [0, 0.05) is 49.3 Å². The molecule has 2 aliphatic rings. The maximum absolute atomic E-state index is 6.68. The summed E-state index contributed by atoms with van der Waals surface area (Å²) < 4.78 is 2.47. The van der Waals surface area contributed by atoms with E-state index in [0.29, 0.717) is 10.0 Å². The van der Waals surface area contributed by atoms with E-state index in [9.17, 15) is 0 Å². The molecular formula is C26H35Cl2N3. The van der Waals surface area contributed by atoms with Gasteiger partial charge < -0.3 is 15.2 Å². The van der Waals surface area contributed by atoms with Gasteiger partial charge in [-0.25, -0.2) is 0 Å². The number of nitrogens with one attached hydrogen (secondary N) is 2. The fourth-order valence-electron chi connectivity index (χ4n) is 5.23. The Balaban J connectivity index is 1.55. The van der Waals surface area contributed by atoms with Crippen molar-refractivity contribution < 1.29 is 0 Å². The molecule has 0 saturated carbocycles. The lowest BCUT2D eigenvalue weighted by molar-refractivity contribution is 0.611. The second kappa shape index (κ2) is 10.5. The Labute approximate surface area is 196 Å². The lowest BCUT2D eigenvalue weighted by Crippen LogP contribution is -2.22. The molecule has 2 aromatic rings. The van der Waals surface area contributed by atoms with Crippen molar-refractivity contribution in [2.24, 2.45) is 0 Å². The second-order valence-electron chi connectivity index (χ2n) is 8.91. The third-order valence-corrected chi connectivity index (χ3v) is 7.66. The summed E-state index contributed by atoms with van der Waals surface area (Å²) in [6.45, 7) is 8.40. The van der Waals surface area contributed by atoms with E-state index in [0.717, 1.165) is 57.2 Å². The first-order chi connectivity index (χ1) is 15.1. The summed E-state index contributed by atoms with van der Waals surface area (Å²) in [6, 6.07) is 4.08. The van der Waals surface area contributed by atoms with Crippen molar-refractivity contribution in [2.45, 2.75) is 71.8 Å². The molecule has 1 aromatic heterocycles. The Morgan fingerprint density at radius 2 is 1.94 bits per heavy atom. The molecule has 168 valence electrons. The molecule has 0 radical (unpaired) electrons. The summed E-state index contributed by atoms with van der Waals surface area (Å²) in [5.74, 6) is 0. The molecule has 2 heterocycles. The van der Waals surface area contributed by atoms with Crippen LogP contribution in [0, 0.1) is 0 Å². The maximum Gasteiger partial charge on any atom is 0.0689 e. The molecule has 0 unspecified atom stereocenters. The number of benzene rings is 1. The number of hydrogen-bond donors (Lipinski definition) is 2. The van der Waals surface area contributed by atoms with E-state index >= 15 is 0 Å². The Kier molecular flexibility index (Phi) is 7.68. The van der Waals surface area contributed by atoms with Crippen LogP contribution in [0.15, 0.2) is 35.1 Å². The van der Waals surface area contributed by atoms with Crippen molar-refractivity contribution in [2.75, 3.05) is 19.6 Å². The number of fused-ring (bicyclic) bond motifs is 3. The zero-order chi connectivity index (χ0) is 21.8. The van der Waals surface area contributed by atoms with Gasteiger partial charge in [0.1, 0.15) is 0 Å². The second-order valence-corrected chi connectivity index (χ2v) is 9.70. The fraction of sp³-hybridized carbons (Fsp3) is 0.538. The van der Waals surface area contributed by atoms with Crippen molar-refractivity contribution in [3.05, 3.63) is 56.4 Å². The van der Waals surface area contributed by atoms with Crippen molar-refractivity contribution >= 4 is 34.1 Å². The number of aromatic nitrogens is 1. The van der Waals surface area contributed by atoms with Gasteiger partial charge in [-0.1, -0.05) is 47.3 Å². The number of hydrogen-bond acceptors (Lipinski definition) is 2. The molecule has 0 fully saturated rings. The van der Waals surface area contributed by atoms with E-state index in [2.05, 4.69) is 41.2 Å². The molecule has 2 N–H and O–H groups in total. The van der Waals surface area contributed by atoms with Gasteiger partial charge in [0.2, 0.25) is 0 Å². The zero-order valence-corrected chi connectivity index (χ0v) is 20.4. The van der Waals surface area contributed by atoms with Gasteiger partial charge in [-0.3, -0.25) is 0 Å². The predicted octanol–water partition coefficient (Wildman–Crippen LogP) is 6.80. The van der Waals surface area contributed by atoms with Gasteiger partial charge in [-0.05, 0) is 69.7 Å². The van der Waals surface area contributed by atoms with Crippen LogP contribution in [0.2, 0.25) is 10.0 Å². The van der Waals surface area contributed by atoms with E-state index in [1.165, 1.54) is 48.2 Å². The minimum atomic E-state index is 0.647. The molecular weight excluding hydrogens is 425 g/mol. The zero-order valence-electron chi connectivity index (χ0n) is 18.9. The molecule has 1 aliphatic carbocycles. The smallest absolute Gasteiger partial charge is 0.0689 e. The topological polar surface area (TPSA) is 29.0 Å². The summed E-state index contributed by atoms with van der Waals surface area (Å²) in [6.07, 6.45) is 11.8. The first kappa shape index (κ1) is 22.8. The normalized spacial score (nSPS) is 17.7. The summed E-state index contributed by atoms with van der Waals surface area (Å²) in [5, 5.41) is 9.80. The predicted molar refractivity (Wildman–Crippen MR) is 134 cm³/mol. The van der Waals surface area contributed by atoms with Gasteiger partial charge in [0.15, 0.2) is 0 Å². The highest BCUT2D eigenvalue weighted by Crippen LogP contribution is 2.37. The van der Waals surface area contributed by atoms with Crippen molar-refractivity contribution in [3.63, 3.8) is 0 Å². The standard InChI is InChI=1S/C26H35Cl2N3/c1-3-6-20(17-19-8-5-4-7-18(19)2)30-15-16-31-23-12-14-29-13-11-21(23)25-24(31)10-9-22(27)26(25)28/h6,9-10,29-30H,3-5,7-8,11-17H2,1-2H3/b20-6+. The number of nitrogens with zero attached hydrogens (tertiary/aromatic N) is 1. The maximum atomic E-state index is 6.68. The van der Waals surface area contributed by atoms with Crippen molar-refractivity contribution in [3.8, 4) is 0 Å². The van der Waals surface area contributed by atoms with Crippen molar-refractivity contribution in [1.82, 2.24) is 15.2 Å². The lowest BCUT2D eigenvalue weighted by atomic mass is 9.90. The Morgan fingerprint density at radius 3 is 2.74 bits per heavy atom. The SMILES string of the molecule is CC/C=C(\CC1=C(C)CCCC1)NCCn1c2c(c3c(Cl)c(Cl)ccc31)CCNCC2. The van der Waals surface area contributed by atoms with Crippen LogP contribution in [0.4, 0.5) is 0 Å². The quantitative estimate of drug-likeness (QED) is 0.445. The third kappa shape index (κ3) is 4.99. The van der Waals surface area contributed by atoms with E-state index in [-0.39, 0.29) is 0 Å². The van der Waals surface area contributed by atoms with E-state index in [4.69, 9.17) is 23.2 Å². The Morgan fingerprint density at radius 1 is 1.13 bits per heavy atom. The number of rotatable bonds is 7. The monoisotopic (exact) mass is 459 g/mol. The van der Waals surface area contributed by atoms with Gasteiger partial charge in [0.05, 0.1) is 15.6 Å². The summed E-state index contributed by atoms with van der Waals surface area (Å²) in [4.78, 5) is 0. The largest absolute Gasteiger partial charge is 0.387 e. The molecule has 31 heavy (non-hydrogen) atoms. The average molecular weight is 460 g/mol. The summed E-state index contributed by atoms with van der Waals surface area (Å²) in [7, 11) is 0. The van der Waals surface area contributed by atoms with Gasteiger partial charge in [-0.15, -0.1) is 0 Å². The summed E-state index contributed by atoms with van der Waals surface area (Å²) >= 11 is 13.1. The molecule has 0 bridgehead atoms. The van der Waals surface area contributed by atoms with Gasteiger partial charge in [-0.2, -0.15) is 0 Å². The summed E-state index contributed by atoms with van der Waals surface area (Å²) in [5.41, 5.74) is 8.64. The highest BCUT2D eigenvalue weighted by atomic mass is 35.5. The molecule has 4 rings (SSSR count). The minimum absolute atomic E-state index is 0.647. The molecule has 3 nitrogen and oxygen atoms in total. The molecule has 1 aromatic carbocycles. The van der Waals surface area contributed by atoms with E-state index in [1.807, 2.05) is 6.07 Å². The first-order valence-electron chi connectivity index (χ1n) is 11.9. The van der Waals surface area contributed by atoms with Gasteiger partial charge >= 0.3 is 0 Å². The van der Waals surface area contributed by atoms with Crippen LogP contribution < -0.4 is 10.6 Å². The fourth-order valence-corrected chi connectivity index (χ4v) is 5.66. The molecule has 0 amide bonds. The molecule has 5 heteroatoms. The first-order valence-corrected chi connectivity index (χ1v) is 12.6. The van der Waals surface area contributed by atoms with Crippen LogP contribution in [0.3, 0.4) is 0 Å². The van der Waals surface area contributed by atoms with Crippen LogP contribution >= 0.6 is 23.2 Å². The highest BCUT2D eigenvalue weighted by Gasteiger charge is 2.21. The molecule has 0 spiro atoms. The van der Waals surface area contributed by atoms with Crippen LogP contribution in [0.5, 0.6) is 0 Å². The van der Waals surface area contributed by atoms with E-state index < -0.39 is 0 Å². The lowest BCUT2D eigenvalue weighted by Gasteiger charge is -2.20. The van der Waals surface area contributed by atoms with E-state index in [1.54, 1.807) is 11.1 Å². The Bertz CT molecular complexity index is 1000. The molecule has 0 atom stereocenters. The van der Waals surface area contributed by atoms with Crippen LogP contribution in [0.25, 0.3) is 10.9 Å². The molecule has 1 aliphatic heterocycles. The third-order valence-electron chi connectivity index (χ3n) is 6.86. The number of allylic oxidation sites excluding steroid dienone is 3. The number of halogens is 2. The van der Waals surface area contributed by atoms with Crippen LogP contribution in [0.1, 0.15) is 63.6 Å². The average Bonchev–Trinajstić information content (AvgIpc) is 2.89. The van der Waals surface area contributed by atoms with Crippen molar-refractivity contribution in [1.29, 1.82) is 0 Å². The van der Waals surface area contributed by atoms with Crippen LogP contribution in [-0.2, 0) is 19.4 Å². The van der Waals surface area contributed by atoms with Gasteiger partial charge in [0.25, 0.3) is 0 Å². The molecule has 0 saturated heterocycles. The minimum Gasteiger partial charge on any atom is -0.387 e. The Hall–Kier alpha value is -1.42. The highest BCUT2D eigenvalue weighted by molar-refractivity contribution is 6.45. The van der Waals surface area contributed by atoms with Crippen LogP contribution in [-0.4, -0.2) is 24.2 Å².